The quantitative estimate of drug-likeness (QED) is 0.487. The molecule has 102 valence electrons. The Kier molecular flexibility index (Phi) is 5.60. The number of benzene rings is 1. The lowest BCUT2D eigenvalue weighted by Gasteiger charge is -2.19. The van der Waals surface area contributed by atoms with Crippen LogP contribution in [0.3, 0.4) is 0 Å². The smallest absolute Gasteiger partial charge is 0.411 e. The highest BCUT2D eigenvalue weighted by Crippen LogP contribution is 2.13. The van der Waals surface area contributed by atoms with E-state index in [2.05, 4.69) is 6.58 Å². The Morgan fingerprint density at radius 1 is 1.32 bits per heavy atom. The molecule has 1 aromatic rings. The summed E-state index contributed by atoms with van der Waals surface area (Å²) < 4.78 is 4.91. The van der Waals surface area contributed by atoms with Gasteiger partial charge in [-0.15, -0.1) is 0 Å². The Labute approximate surface area is 112 Å². The molecule has 1 amide bonds. The summed E-state index contributed by atoms with van der Waals surface area (Å²) in [5.41, 5.74) is 0.930. The fourth-order valence-corrected chi connectivity index (χ4v) is 1.45. The molecular formula is C14H17NO4. The van der Waals surface area contributed by atoms with E-state index in [0.29, 0.717) is 17.7 Å². The fourth-order valence-electron chi connectivity index (χ4n) is 1.45. The zero-order chi connectivity index (χ0) is 14.3. The highest BCUT2D eigenvalue weighted by Gasteiger charge is 2.13. The third kappa shape index (κ3) is 4.83. The maximum atomic E-state index is 11.1. The van der Waals surface area contributed by atoms with Gasteiger partial charge in [-0.1, -0.05) is 24.8 Å². The molecule has 0 unspecified atom stereocenters. The number of ether oxygens (including phenoxy) is 1. The number of anilines is 1. The van der Waals surface area contributed by atoms with Crippen molar-refractivity contribution in [3.63, 3.8) is 0 Å². The van der Waals surface area contributed by atoms with Gasteiger partial charge < -0.3 is 9.84 Å². The van der Waals surface area contributed by atoms with Gasteiger partial charge in [0.25, 0.3) is 0 Å². The summed E-state index contributed by atoms with van der Waals surface area (Å²) in [5.74, 6) is -0.457. The molecule has 5 heteroatoms. The van der Waals surface area contributed by atoms with Crippen molar-refractivity contribution in [2.45, 2.75) is 13.3 Å². The molecule has 0 heterocycles. The van der Waals surface area contributed by atoms with Crippen molar-refractivity contribution in [1.29, 1.82) is 0 Å². The third-order valence-corrected chi connectivity index (χ3v) is 2.41. The lowest BCUT2D eigenvalue weighted by atomic mass is 10.3. The van der Waals surface area contributed by atoms with Crippen molar-refractivity contribution in [3.8, 4) is 0 Å². The minimum atomic E-state index is -1.03. The highest BCUT2D eigenvalue weighted by atomic mass is 16.5. The average Bonchev–Trinajstić information content (AvgIpc) is 2.38. The van der Waals surface area contributed by atoms with E-state index in [9.17, 15) is 9.59 Å². The molecule has 0 radical (unpaired) electrons. The molecule has 0 spiro atoms. The van der Waals surface area contributed by atoms with Gasteiger partial charge in [0, 0.05) is 17.8 Å². The van der Waals surface area contributed by atoms with Gasteiger partial charge >= 0.3 is 12.1 Å². The Morgan fingerprint density at radius 2 is 1.95 bits per heavy atom. The molecule has 0 atom stereocenters. The Balaban J connectivity index is 2.46. The number of hydrogen-bond donors (Lipinski definition) is 1. The lowest BCUT2D eigenvalue weighted by Crippen LogP contribution is -2.31. The van der Waals surface area contributed by atoms with Crippen molar-refractivity contribution < 1.29 is 19.4 Å². The maximum absolute atomic E-state index is 11.1. The van der Waals surface area contributed by atoms with Crippen LogP contribution < -0.4 is 4.90 Å². The van der Waals surface area contributed by atoms with Crippen molar-refractivity contribution in [2.24, 2.45) is 0 Å². The molecule has 5 nitrogen and oxygen atoms in total. The molecule has 0 aromatic heterocycles. The van der Waals surface area contributed by atoms with Gasteiger partial charge in [0.15, 0.2) is 0 Å². The summed E-state index contributed by atoms with van der Waals surface area (Å²) >= 11 is 0. The lowest BCUT2D eigenvalue weighted by molar-refractivity contribution is -0.138. The summed E-state index contributed by atoms with van der Waals surface area (Å²) in [5, 5.41) is 9.13. The number of carbonyl (C=O) groups excluding carboxylic acids is 1. The first-order chi connectivity index (χ1) is 9.02. The van der Waals surface area contributed by atoms with Crippen LogP contribution in [0, 0.1) is 0 Å². The van der Waals surface area contributed by atoms with Crippen LogP contribution in [0.15, 0.2) is 42.5 Å². The Hall–Kier alpha value is -2.30. The van der Waals surface area contributed by atoms with Gasteiger partial charge in [-0.05, 0) is 25.5 Å². The van der Waals surface area contributed by atoms with Crippen molar-refractivity contribution >= 4 is 17.7 Å². The number of hydrogen-bond acceptors (Lipinski definition) is 3. The van der Waals surface area contributed by atoms with Crippen LogP contribution in [0.1, 0.15) is 13.3 Å². The van der Waals surface area contributed by atoms with E-state index in [1.807, 2.05) is 6.07 Å². The largest absolute Gasteiger partial charge is 0.465 e. The van der Waals surface area contributed by atoms with Gasteiger partial charge in [0.1, 0.15) is 0 Å². The van der Waals surface area contributed by atoms with Crippen molar-refractivity contribution in [3.05, 3.63) is 42.5 Å². The molecule has 0 aliphatic rings. The van der Waals surface area contributed by atoms with Crippen LogP contribution in [-0.4, -0.2) is 30.3 Å². The second kappa shape index (κ2) is 7.20. The molecule has 0 saturated heterocycles. The predicted molar refractivity (Wildman–Crippen MR) is 72.2 cm³/mol. The molecule has 0 aliphatic carbocycles. The molecule has 0 bridgehead atoms. The number of rotatable bonds is 6. The standard InChI is InChI=1S/C14H17NO4/c1-11(2)13(16)19-10-6-9-15(14(17)18)12-7-4-3-5-8-12/h3-5,7-8H,1,6,9-10H2,2H3,(H,17,18). The van der Waals surface area contributed by atoms with E-state index in [-0.39, 0.29) is 13.2 Å². The second-order valence-electron chi connectivity index (χ2n) is 4.04. The minimum Gasteiger partial charge on any atom is -0.465 e. The van der Waals surface area contributed by atoms with Crippen LogP contribution in [0.4, 0.5) is 10.5 Å². The topological polar surface area (TPSA) is 66.8 Å². The van der Waals surface area contributed by atoms with Crippen molar-refractivity contribution in [1.82, 2.24) is 0 Å². The molecule has 19 heavy (non-hydrogen) atoms. The van der Waals surface area contributed by atoms with Crippen LogP contribution >= 0.6 is 0 Å². The predicted octanol–water partition coefficient (Wildman–Crippen LogP) is 2.68. The minimum absolute atomic E-state index is 0.169. The first-order valence-electron chi connectivity index (χ1n) is 5.90. The number of amides is 1. The molecule has 1 rings (SSSR count). The first-order valence-corrected chi connectivity index (χ1v) is 5.90. The fraction of sp³-hybridized carbons (Fsp3) is 0.286. The number of carbonyl (C=O) groups is 2. The number of esters is 1. The normalized spacial score (nSPS) is 9.74. The zero-order valence-corrected chi connectivity index (χ0v) is 10.8. The molecule has 0 fully saturated rings. The highest BCUT2D eigenvalue weighted by molar-refractivity contribution is 5.87. The van der Waals surface area contributed by atoms with E-state index < -0.39 is 12.1 Å². The van der Waals surface area contributed by atoms with Gasteiger partial charge in [-0.25, -0.2) is 9.59 Å². The summed E-state index contributed by atoms with van der Waals surface area (Å²) in [6.45, 7) is 5.47. The molecular weight excluding hydrogens is 246 g/mol. The molecule has 0 aliphatic heterocycles. The van der Waals surface area contributed by atoms with Gasteiger partial charge in [-0.3, -0.25) is 4.90 Å². The van der Waals surface area contributed by atoms with E-state index in [4.69, 9.17) is 9.84 Å². The zero-order valence-electron chi connectivity index (χ0n) is 10.8. The summed E-state index contributed by atoms with van der Waals surface area (Å²) in [4.78, 5) is 23.5. The first kappa shape index (κ1) is 14.8. The summed E-state index contributed by atoms with van der Waals surface area (Å²) in [6, 6.07) is 8.79. The van der Waals surface area contributed by atoms with E-state index in [0.717, 1.165) is 0 Å². The maximum Gasteiger partial charge on any atom is 0.411 e. The Bertz CT molecular complexity index is 456. The Morgan fingerprint density at radius 3 is 2.47 bits per heavy atom. The average molecular weight is 263 g/mol. The number of para-hydroxylation sites is 1. The summed E-state index contributed by atoms with van der Waals surface area (Å²) in [6.07, 6.45) is -0.599. The van der Waals surface area contributed by atoms with E-state index in [1.165, 1.54) is 4.90 Å². The van der Waals surface area contributed by atoms with Crippen LogP contribution in [0.2, 0.25) is 0 Å². The van der Waals surface area contributed by atoms with E-state index in [1.54, 1.807) is 31.2 Å². The van der Waals surface area contributed by atoms with Gasteiger partial charge in [0.05, 0.1) is 6.61 Å². The molecule has 1 aromatic carbocycles. The van der Waals surface area contributed by atoms with Gasteiger partial charge in [-0.2, -0.15) is 0 Å². The third-order valence-electron chi connectivity index (χ3n) is 2.41. The second-order valence-corrected chi connectivity index (χ2v) is 4.04. The van der Waals surface area contributed by atoms with Crippen molar-refractivity contribution in [2.75, 3.05) is 18.1 Å². The molecule has 1 N–H and O–H groups in total. The molecule has 0 saturated carbocycles. The SMILES string of the molecule is C=C(C)C(=O)OCCCN(C(=O)O)c1ccccc1. The number of nitrogens with zero attached hydrogens (tertiary/aromatic N) is 1. The van der Waals surface area contributed by atoms with Crippen LogP contribution in [-0.2, 0) is 9.53 Å². The van der Waals surface area contributed by atoms with Gasteiger partial charge in [0.2, 0.25) is 0 Å². The summed E-state index contributed by atoms with van der Waals surface area (Å²) in [7, 11) is 0. The monoisotopic (exact) mass is 263 g/mol. The van der Waals surface area contributed by atoms with Crippen LogP contribution in [0.25, 0.3) is 0 Å². The van der Waals surface area contributed by atoms with E-state index >= 15 is 0 Å². The number of carboxylic acid groups (broad SMARTS) is 1. The van der Waals surface area contributed by atoms with Crippen LogP contribution in [0.5, 0.6) is 0 Å².